The van der Waals surface area contributed by atoms with Crippen LogP contribution in [0.1, 0.15) is 37.0 Å². The number of nitrogens with two attached hydrogens (primary N) is 2. The molecule has 1 aliphatic rings. The van der Waals surface area contributed by atoms with Gasteiger partial charge in [-0.3, -0.25) is 0 Å². The molecule has 3 aromatic rings. The Hall–Kier alpha value is -2.89. The van der Waals surface area contributed by atoms with Crippen molar-refractivity contribution in [2.75, 3.05) is 12.3 Å². The van der Waals surface area contributed by atoms with Gasteiger partial charge in [0.25, 0.3) is 0 Å². The molecule has 1 unspecified atom stereocenters. The molecule has 0 aromatic heterocycles. The lowest BCUT2D eigenvalue weighted by Crippen LogP contribution is -2.04. The Balaban J connectivity index is 0.000000242. The summed E-state index contributed by atoms with van der Waals surface area (Å²) in [5.74, 6) is 4.59. The molecule has 0 radical (unpaired) electrons. The number of carbonyl (C=O) groups is 1. The van der Waals surface area contributed by atoms with Crippen molar-refractivity contribution in [1.82, 2.24) is 0 Å². The highest BCUT2D eigenvalue weighted by atomic mass is 16.6. The Morgan fingerprint density at radius 2 is 1.71 bits per heavy atom. The maximum absolute atomic E-state index is 11.4. The molecular formula is C23H26N2O3. The Labute approximate surface area is 164 Å². The van der Waals surface area contributed by atoms with Gasteiger partial charge in [-0.05, 0) is 46.0 Å². The molecule has 5 N–H and O–H groups in total. The summed E-state index contributed by atoms with van der Waals surface area (Å²) in [5, 5.41) is 11.2. The van der Waals surface area contributed by atoms with E-state index >= 15 is 0 Å². The van der Waals surface area contributed by atoms with Crippen LogP contribution in [0.3, 0.4) is 0 Å². The first kappa shape index (κ1) is 19.9. The number of nitrogen functional groups attached to an aromatic ring is 1. The number of benzene rings is 3. The molecule has 4 rings (SSSR count). The third kappa shape index (κ3) is 3.59. The van der Waals surface area contributed by atoms with E-state index in [2.05, 4.69) is 30.8 Å². The maximum Gasteiger partial charge on any atom is 0.337 e. The largest absolute Gasteiger partial charge is 0.478 e. The lowest BCUT2D eigenvalue weighted by atomic mass is 9.98. The van der Waals surface area contributed by atoms with Gasteiger partial charge in [0.15, 0.2) is 0 Å². The second-order valence-corrected chi connectivity index (χ2v) is 7.14. The Morgan fingerprint density at radius 1 is 1.07 bits per heavy atom. The molecule has 0 heterocycles. The van der Waals surface area contributed by atoms with Crippen LogP contribution in [0.15, 0.2) is 48.5 Å². The van der Waals surface area contributed by atoms with Crippen molar-refractivity contribution in [3.05, 3.63) is 54.1 Å². The first-order valence-corrected chi connectivity index (χ1v) is 9.49. The second kappa shape index (κ2) is 8.42. The molecule has 28 heavy (non-hydrogen) atoms. The fourth-order valence-corrected chi connectivity index (χ4v) is 3.55. The molecular weight excluding hydrogens is 352 g/mol. The van der Waals surface area contributed by atoms with E-state index in [1.807, 2.05) is 30.3 Å². The van der Waals surface area contributed by atoms with E-state index in [0.717, 1.165) is 45.4 Å². The normalized spacial score (nSPS) is 12.2. The predicted octanol–water partition coefficient (Wildman–Crippen LogP) is 5.08. The molecule has 0 fully saturated rings. The van der Waals surface area contributed by atoms with Crippen molar-refractivity contribution < 1.29 is 14.7 Å². The van der Waals surface area contributed by atoms with Crippen molar-refractivity contribution in [3.63, 3.8) is 0 Å². The number of carboxylic acids is 1. The number of carboxylic acid groups (broad SMARTS) is 1. The van der Waals surface area contributed by atoms with Gasteiger partial charge in [0, 0.05) is 5.39 Å². The zero-order valence-corrected chi connectivity index (χ0v) is 16.2. The van der Waals surface area contributed by atoms with Gasteiger partial charge in [0.1, 0.15) is 0 Å². The van der Waals surface area contributed by atoms with Gasteiger partial charge in [-0.2, -0.15) is 0 Å². The molecule has 0 saturated carbocycles. The lowest BCUT2D eigenvalue weighted by Gasteiger charge is -2.09. The first-order chi connectivity index (χ1) is 13.5. The van der Waals surface area contributed by atoms with Crippen molar-refractivity contribution in [1.29, 1.82) is 0 Å². The average Bonchev–Trinajstić information content (AvgIpc) is 3.04. The van der Waals surface area contributed by atoms with E-state index in [0.29, 0.717) is 12.3 Å². The zero-order chi connectivity index (χ0) is 20.3. The van der Waals surface area contributed by atoms with Gasteiger partial charge in [-0.1, -0.05) is 62.7 Å². The highest BCUT2D eigenvalue weighted by molar-refractivity contribution is 6.21. The lowest BCUT2D eigenvalue weighted by molar-refractivity contribution is 0.0698. The van der Waals surface area contributed by atoms with Gasteiger partial charge in [-0.15, -0.1) is 0 Å². The summed E-state index contributed by atoms with van der Waals surface area (Å²) in [6.45, 7) is 5.05. The molecule has 5 heteroatoms. The third-order valence-corrected chi connectivity index (χ3v) is 5.37. The summed E-state index contributed by atoms with van der Waals surface area (Å²) in [7, 11) is 0. The van der Waals surface area contributed by atoms with Crippen LogP contribution in [-0.4, -0.2) is 17.7 Å². The second-order valence-electron chi connectivity index (χ2n) is 7.14. The molecule has 1 aliphatic carbocycles. The minimum atomic E-state index is -0.990. The summed E-state index contributed by atoms with van der Waals surface area (Å²) >= 11 is 0. The number of fused-ring (bicyclic) bond motifs is 3. The maximum atomic E-state index is 11.4. The van der Waals surface area contributed by atoms with Crippen LogP contribution >= 0.6 is 0 Å². The minimum Gasteiger partial charge on any atom is -0.478 e. The van der Waals surface area contributed by atoms with Gasteiger partial charge in [-0.25, -0.2) is 10.7 Å². The van der Waals surface area contributed by atoms with Gasteiger partial charge < -0.3 is 15.7 Å². The van der Waals surface area contributed by atoms with Crippen LogP contribution in [-0.2, 0) is 4.84 Å². The highest BCUT2D eigenvalue weighted by Gasteiger charge is 2.24. The molecule has 1 atom stereocenters. The van der Waals surface area contributed by atoms with Crippen LogP contribution in [0, 0.1) is 5.92 Å². The number of aromatic carboxylic acids is 1. The summed E-state index contributed by atoms with van der Waals surface area (Å²) in [5.41, 5.74) is 10.8. The van der Waals surface area contributed by atoms with E-state index in [1.165, 1.54) is 6.42 Å². The fourth-order valence-electron chi connectivity index (χ4n) is 3.55. The van der Waals surface area contributed by atoms with Crippen LogP contribution in [0.2, 0.25) is 0 Å². The third-order valence-electron chi connectivity index (χ3n) is 5.37. The topological polar surface area (TPSA) is 98.6 Å². The summed E-state index contributed by atoms with van der Waals surface area (Å²) < 4.78 is 0. The van der Waals surface area contributed by atoms with Crippen molar-refractivity contribution >= 4 is 22.4 Å². The Kier molecular flexibility index (Phi) is 5.97. The molecule has 146 valence electrons. The SMILES string of the molecule is CCC(C)CCON.Nc1c(C(=O)O)cc2c3c(cccc13)-c1ccccc1-2. The summed E-state index contributed by atoms with van der Waals surface area (Å²) in [4.78, 5) is 15.8. The van der Waals surface area contributed by atoms with E-state index in [4.69, 9.17) is 11.6 Å². The number of hydrogen-bond donors (Lipinski definition) is 3. The van der Waals surface area contributed by atoms with Crippen LogP contribution < -0.4 is 11.6 Å². The van der Waals surface area contributed by atoms with E-state index < -0.39 is 5.97 Å². The van der Waals surface area contributed by atoms with Gasteiger partial charge in [0.2, 0.25) is 0 Å². The van der Waals surface area contributed by atoms with E-state index in [-0.39, 0.29) is 5.56 Å². The number of hydrogen-bond acceptors (Lipinski definition) is 4. The van der Waals surface area contributed by atoms with Gasteiger partial charge >= 0.3 is 5.97 Å². The monoisotopic (exact) mass is 378 g/mol. The zero-order valence-electron chi connectivity index (χ0n) is 16.2. The molecule has 0 spiro atoms. The highest BCUT2D eigenvalue weighted by Crippen LogP contribution is 2.49. The molecule has 0 bridgehead atoms. The number of anilines is 1. The summed E-state index contributed by atoms with van der Waals surface area (Å²) in [6, 6.07) is 15.6. The Morgan fingerprint density at radius 3 is 2.32 bits per heavy atom. The van der Waals surface area contributed by atoms with Crippen molar-refractivity contribution in [3.8, 4) is 22.3 Å². The first-order valence-electron chi connectivity index (χ1n) is 9.49. The number of rotatable bonds is 5. The van der Waals surface area contributed by atoms with Crippen LogP contribution in [0.5, 0.6) is 0 Å². The van der Waals surface area contributed by atoms with E-state index in [1.54, 1.807) is 6.07 Å². The molecule has 0 amide bonds. The minimum absolute atomic E-state index is 0.168. The molecule has 0 aliphatic heterocycles. The van der Waals surface area contributed by atoms with Crippen molar-refractivity contribution in [2.45, 2.75) is 26.7 Å². The van der Waals surface area contributed by atoms with Crippen LogP contribution in [0.25, 0.3) is 33.0 Å². The quantitative estimate of drug-likeness (QED) is 0.332. The van der Waals surface area contributed by atoms with Crippen molar-refractivity contribution in [2.24, 2.45) is 11.8 Å². The van der Waals surface area contributed by atoms with Crippen LogP contribution in [0.4, 0.5) is 5.69 Å². The predicted molar refractivity (Wildman–Crippen MR) is 114 cm³/mol. The fraction of sp³-hybridized carbons (Fsp3) is 0.261. The molecule has 3 aromatic carbocycles. The Bertz CT molecular complexity index is 1010. The van der Waals surface area contributed by atoms with Gasteiger partial charge in [0.05, 0.1) is 17.9 Å². The van der Waals surface area contributed by atoms with E-state index in [9.17, 15) is 9.90 Å². The smallest absolute Gasteiger partial charge is 0.337 e. The molecule has 5 nitrogen and oxygen atoms in total. The standard InChI is InChI=1S/C17H11NO2.C6H15NO/c18-16-12-7-3-6-11-9-4-1-2-5-10(9)13(15(11)12)8-14(16)17(19)20;1-3-6(2)4-5-8-7/h1-8H,18H2,(H,19,20);6H,3-5,7H2,1-2H3. The average molecular weight is 378 g/mol. The molecule has 0 saturated heterocycles. The summed E-state index contributed by atoms with van der Waals surface area (Å²) in [6.07, 6.45) is 2.29.